The average Bonchev–Trinajstić information content (AvgIpc) is 1.62. The SMILES string of the molecule is CN(C)C1(c2cccc(F)c2)CC2(CN(CC3(F)COC3)C(=O)N2CC2CC2)C1.CN(C)C1(c2cccc(F)c2)CC2(CN(CCS(C)(=O)=O)C(=O)N2CC2CC2)C1.CN(C)C1(c2ccccc2)CC2(CN(c3ccc(OC(F)(F)F)cn3)C(=O)N2CC2CC2)C1. The number of alkyl halides is 4. The Labute approximate surface area is 530 Å². The molecule has 10 fully saturated rings. The highest BCUT2D eigenvalue weighted by Crippen LogP contribution is 2.61. The van der Waals surface area contributed by atoms with E-state index < -0.39 is 27.6 Å². The second-order valence-electron chi connectivity index (χ2n) is 28.9. The number of amides is 6. The molecule has 0 atom stereocenters. The first-order chi connectivity index (χ1) is 42.9. The summed E-state index contributed by atoms with van der Waals surface area (Å²) in [5.74, 6) is 1.06. The van der Waals surface area contributed by atoms with Gasteiger partial charge in [0, 0.05) is 45.5 Å². The molecular formula is C67H86F6N10O7S. The van der Waals surface area contributed by atoms with Crippen molar-refractivity contribution in [1.82, 2.24) is 44.2 Å². The van der Waals surface area contributed by atoms with Crippen LogP contribution in [0.3, 0.4) is 0 Å². The number of hydrogen-bond acceptors (Lipinski definition) is 11. The van der Waals surface area contributed by atoms with Crippen LogP contribution in [0.4, 0.5) is 46.5 Å². The normalized spacial score (nSPS) is 30.0. The van der Waals surface area contributed by atoms with Gasteiger partial charge in [0.2, 0.25) is 0 Å². The highest BCUT2D eigenvalue weighted by atomic mass is 32.2. The predicted molar refractivity (Wildman–Crippen MR) is 331 cm³/mol. The molecular weight excluding hydrogens is 1200 g/mol. The molecule has 0 radical (unpaired) electrons. The Kier molecular flexibility index (Phi) is 16.9. The molecule has 4 aliphatic heterocycles. The summed E-state index contributed by atoms with van der Waals surface area (Å²) in [6.45, 7) is 4.21. The third-order valence-corrected chi connectivity index (χ3v) is 22.4. The molecule has 91 heavy (non-hydrogen) atoms. The Morgan fingerprint density at radius 2 is 1.01 bits per heavy atom. The molecule has 6 saturated carbocycles. The van der Waals surface area contributed by atoms with Gasteiger partial charge in [0.25, 0.3) is 0 Å². The van der Waals surface area contributed by atoms with Gasteiger partial charge in [-0.3, -0.25) is 19.6 Å². The number of pyridine rings is 1. The third-order valence-electron chi connectivity index (χ3n) is 21.5. The number of halogens is 6. The van der Waals surface area contributed by atoms with Gasteiger partial charge in [-0.2, -0.15) is 0 Å². The second kappa shape index (κ2) is 23.7. The van der Waals surface area contributed by atoms with Gasteiger partial charge in [-0.05, 0) is 190 Å². The van der Waals surface area contributed by atoms with Gasteiger partial charge >= 0.3 is 24.5 Å². The molecule has 1 aromatic heterocycles. The van der Waals surface area contributed by atoms with Crippen LogP contribution < -0.4 is 9.64 Å². The van der Waals surface area contributed by atoms with Crippen LogP contribution in [0.2, 0.25) is 0 Å². The summed E-state index contributed by atoms with van der Waals surface area (Å²) in [5.41, 5.74) is -0.0715. The van der Waals surface area contributed by atoms with Crippen LogP contribution in [-0.4, -0.2) is 219 Å². The minimum atomic E-state index is -4.78. The first-order valence-corrected chi connectivity index (χ1v) is 34.0. The molecule has 4 aromatic rings. The van der Waals surface area contributed by atoms with Crippen molar-refractivity contribution in [3.63, 3.8) is 0 Å². The number of urea groups is 3. The zero-order chi connectivity index (χ0) is 64.9. The third kappa shape index (κ3) is 12.7. The van der Waals surface area contributed by atoms with E-state index in [1.165, 1.54) is 36.1 Å². The second-order valence-corrected chi connectivity index (χ2v) is 31.2. The number of nitrogens with zero attached hydrogens (tertiary/aromatic N) is 10. The molecule has 6 amide bonds. The summed E-state index contributed by atoms with van der Waals surface area (Å²) in [7, 11) is 9.03. The molecule has 17 nitrogen and oxygen atoms in total. The zero-order valence-corrected chi connectivity index (χ0v) is 54.1. The lowest BCUT2D eigenvalue weighted by atomic mass is 9.58. The number of ether oxygens (including phenoxy) is 2. The van der Waals surface area contributed by atoms with Gasteiger partial charge in [0.05, 0.1) is 71.5 Å². The van der Waals surface area contributed by atoms with E-state index in [0.717, 1.165) is 107 Å². The molecule has 3 spiro atoms. The Hall–Kier alpha value is -6.21. The lowest BCUT2D eigenvalue weighted by Gasteiger charge is -2.60. The minimum absolute atomic E-state index is 0.0190. The highest BCUT2D eigenvalue weighted by molar-refractivity contribution is 7.90. The Morgan fingerprint density at radius 3 is 1.41 bits per heavy atom. The quantitative estimate of drug-likeness (QED) is 0.0828. The van der Waals surface area contributed by atoms with Crippen molar-refractivity contribution < 1.29 is 58.6 Å². The van der Waals surface area contributed by atoms with Crippen molar-refractivity contribution in [3.8, 4) is 5.75 Å². The van der Waals surface area contributed by atoms with Crippen molar-refractivity contribution in [3.05, 3.63) is 126 Å². The van der Waals surface area contributed by atoms with E-state index in [1.807, 2.05) is 73.2 Å². The maximum absolute atomic E-state index is 14.7. The first kappa shape index (κ1) is 64.9. The summed E-state index contributed by atoms with van der Waals surface area (Å²) in [4.78, 5) is 61.5. The molecule has 14 rings (SSSR count). The lowest BCUT2D eigenvalue weighted by Crippen LogP contribution is -2.67. The van der Waals surface area contributed by atoms with Crippen LogP contribution in [-0.2, 0) is 31.2 Å². The van der Waals surface area contributed by atoms with E-state index in [9.17, 15) is 49.1 Å². The maximum atomic E-state index is 14.7. The molecule has 0 bridgehead atoms. The van der Waals surface area contributed by atoms with Gasteiger partial charge in [0.1, 0.15) is 33.0 Å². The number of hydrogen-bond donors (Lipinski definition) is 0. The number of anilines is 1. The average molecular weight is 1290 g/mol. The smallest absolute Gasteiger partial charge is 0.404 e. The van der Waals surface area contributed by atoms with Gasteiger partial charge < -0.3 is 34.0 Å². The molecule has 0 N–H and O–H groups in total. The predicted octanol–water partition coefficient (Wildman–Crippen LogP) is 9.93. The number of rotatable bonds is 19. The largest absolute Gasteiger partial charge is 0.573 e. The van der Waals surface area contributed by atoms with Crippen LogP contribution in [0, 0.1) is 29.4 Å². The summed E-state index contributed by atoms with van der Waals surface area (Å²) < 4.78 is 112. The number of benzene rings is 3. The molecule has 5 heterocycles. The van der Waals surface area contributed by atoms with Crippen LogP contribution in [0.25, 0.3) is 0 Å². The van der Waals surface area contributed by atoms with Crippen LogP contribution in [0.5, 0.6) is 5.75 Å². The topological polar surface area (TPSA) is 146 Å². The molecule has 10 aliphatic rings. The van der Waals surface area contributed by atoms with Crippen molar-refractivity contribution in [2.75, 3.05) is 125 Å². The fraction of sp³-hybridized carbons (Fsp3) is 0.612. The van der Waals surface area contributed by atoms with Crippen molar-refractivity contribution >= 4 is 33.7 Å². The molecule has 24 heteroatoms. The highest BCUT2D eigenvalue weighted by Gasteiger charge is 2.68. The van der Waals surface area contributed by atoms with E-state index >= 15 is 0 Å². The van der Waals surface area contributed by atoms with Crippen molar-refractivity contribution in [2.45, 2.75) is 122 Å². The van der Waals surface area contributed by atoms with E-state index in [2.05, 4.69) is 50.6 Å². The monoisotopic (exact) mass is 1290 g/mol. The fourth-order valence-electron chi connectivity index (χ4n) is 15.9. The number of carbonyl (C=O) groups excluding carboxylic acids is 3. The van der Waals surface area contributed by atoms with Crippen LogP contribution in [0.15, 0.2) is 97.2 Å². The van der Waals surface area contributed by atoms with Gasteiger partial charge in [0.15, 0.2) is 5.67 Å². The van der Waals surface area contributed by atoms with Crippen molar-refractivity contribution in [2.24, 2.45) is 17.8 Å². The van der Waals surface area contributed by atoms with Gasteiger partial charge in [-0.15, -0.1) is 13.2 Å². The van der Waals surface area contributed by atoms with E-state index in [0.29, 0.717) is 49.8 Å². The van der Waals surface area contributed by atoms with Gasteiger partial charge in [-0.1, -0.05) is 54.6 Å². The maximum Gasteiger partial charge on any atom is 0.573 e. The Balaban J connectivity index is 0.000000132. The molecule has 6 aliphatic carbocycles. The lowest BCUT2D eigenvalue weighted by molar-refractivity contribution is -0.274. The summed E-state index contributed by atoms with van der Waals surface area (Å²) in [6.07, 6.45) is 8.80. The van der Waals surface area contributed by atoms with Crippen molar-refractivity contribution in [1.29, 1.82) is 0 Å². The first-order valence-electron chi connectivity index (χ1n) is 31.9. The number of sulfone groups is 1. The van der Waals surface area contributed by atoms with Crippen LogP contribution in [0.1, 0.15) is 93.7 Å². The standard InChI is InChI=1S/C24H27F3N4O2.C22H29F2N3O2.C21H30FN3O3S/c1-29(2)23(18-6-4-3-5-7-18)14-22(15-23)16-30(21(32)31(22)13-17-8-9-17)20-11-10-19(12-28-20)33-24(25,26)27;1-25(2)22(17-4-3-5-18(23)8-17)10-21(11-22)13-26(12-20(24)14-29-15-20)19(28)27(21)9-16-6-7-16;1-23(2)21(17-5-4-6-18(22)11-17)13-20(14-21)15-24(9-10-29(3,27)28)19(26)25(20)12-16-7-8-16/h3-7,10-12,17H,8-9,13-16H2,1-2H3;3-5,8,16H,6-7,9-15H2,1-2H3;4-6,11,16H,7-10,12-15H2,1-3H3. The molecule has 3 aromatic carbocycles. The Morgan fingerprint density at radius 1 is 0.582 bits per heavy atom. The zero-order valence-electron chi connectivity index (χ0n) is 53.2. The molecule has 0 unspecified atom stereocenters. The van der Waals surface area contributed by atoms with E-state index in [1.54, 1.807) is 39.0 Å². The van der Waals surface area contributed by atoms with E-state index in [4.69, 9.17) is 4.74 Å². The fourth-order valence-corrected chi connectivity index (χ4v) is 16.5. The molecule has 494 valence electrons. The number of carbonyl (C=O) groups is 3. The van der Waals surface area contributed by atoms with Gasteiger partial charge in [-0.25, -0.2) is 41.0 Å². The van der Waals surface area contributed by atoms with Crippen LogP contribution >= 0.6 is 0 Å². The van der Waals surface area contributed by atoms with E-state index in [-0.39, 0.29) is 95.0 Å². The summed E-state index contributed by atoms with van der Waals surface area (Å²) in [5, 5.41) is 0. The minimum Gasteiger partial charge on any atom is -0.404 e. The summed E-state index contributed by atoms with van der Waals surface area (Å²) in [6, 6.07) is 26.3. The summed E-state index contributed by atoms with van der Waals surface area (Å²) >= 11 is 0. The number of aromatic nitrogens is 1. The Bertz CT molecular complexity index is 3460. The molecule has 4 saturated heterocycles.